The highest BCUT2D eigenvalue weighted by Crippen LogP contribution is 2.13. The van der Waals surface area contributed by atoms with E-state index in [0.717, 1.165) is 0 Å². The highest BCUT2D eigenvalue weighted by atomic mass is 79.9. The third kappa shape index (κ3) is 4.26. The lowest BCUT2D eigenvalue weighted by molar-refractivity contribution is 0.155. The first-order valence-corrected chi connectivity index (χ1v) is 7.06. The molecular formula is C12H18BrF2N3O. The maximum absolute atomic E-state index is 12.6. The molecule has 0 aliphatic rings. The second-order valence-corrected chi connectivity index (χ2v) is 5.92. The topological polar surface area (TPSA) is 38.1 Å². The summed E-state index contributed by atoms with van der Waals surface area (Å²) in [6, 6.07) is 0. The van der Waals surface area contributed by atoms with E-state index >= 15 is 0 Å². The first-order valence-electron chi connectivity index (χ1n) is 5.94. The van der Waals surface area contributed by atoms with Crippen LogP contribution >= 0.6 is 15.9 Å². The molecule has 1 heterocycles. The van der Waals surface area contributed by atoms with Crippen LogP contribution in [0.4, 0.5) is 14.6 Å². The lowest BCUT2D eigenvalue weighted by Gasteiger charge is -2.26. The first-order chi connectivity index (χ1) is 8.77. The van der Waals surface area contributed by atoms with E-state index < -0.39 is 18.5 Å². The molecule has 7 heteroatoms. The van der Waals surface area contributed by atoms with Gasteiger partial charge in [0.1, 0.15) is 0 Å². The van der Waals surface area contributed by atoms with Gasteiger partial charge in [-0.1, -0.05) is 15.9 Å². The molecule has 19 heavy (non-hydrogen) atoms. The van der Waals surface area contributed by atoms with Crippen LogP contribution in [-0.4, -0.2) is 34.4 Å². The van der Waals surface area contributed by atoms with Crippen molar-refractivity contribution in [3.63, 3.8) is 0 Å². The molecule has 0 aromatic carbocycles. The number of rotatable bonds is 5. The van der Waals surface area contributed by atoms with E-state index in [9.17, 15) is 13.6 Å². The van der Waals surface area contributed by atoms with E-state index in [4.69, 9.17) is 0 Å². The molecule has 0 saturated carbocycles. The molecular weight excluding hydrogens is 320 g/mol. The standard InChI is InChI=1S/C12H18BrF2N3O/c1-12(2,3)18-7-5-16-10(11(18)19)17(6-4-13)8-9(14)15/h5,7,9H,4,6,8H2,1-3H3. The number of hydrogen-bond acceptors (Lipinski definition) is 3. The minimum atomic E-state index is -2.51. The van der Waals surface area contributed by atoms with Crippen molar-refractivity contribution in [3.8, 4) is 0 Å². The van der Waals surface area contributed by atoms with Crippen molar-refractivity contribution in [3.05, 3.63) is 22.7 Å². The molecule has 1 aromatic heterocycles. The average molecular weight is 338 g/mol. The van der Waals surface area contributed by atoms with Gasteiger partial charge in [-0.15, -0.1) is 0 Å². The number of anilines is 1. The molecule has 0 spiro atoms. The van der Waals surface area contributed by atoms with Gasteiger partial charge in [-0.25, -0.2) is 13.8 Å². The Labute approximate surface area is 119 Å². The second-order valence-electron chi connectivity index (χ2n) is 5.12. The first kappa shape index (κ1) is 16.1. The molecule has 0 fully saturated rings. The number of hydrogen-bond donors (Lipinski definition) is 0. The number of halogens is 3. The third-order valence-electron chi connectivity index (χ3n) is 2.56. The number of nitrogens with zero attached hydrogens (tertiary/aromatic N) is 3. The summed E-state index contributed by atoms with van der Waals surface area (Å²) < 4.78 is 26.6. The van der Waals surface area contributed by atoms with Crippen molar-refractivity contribution in [2.45, 2.75) is 32.7 Å². The number of aromatic nitrogens is 2. The Morgan fingerprint density at radius 1 is 1.47 bits per heavy atom. The van der Waals surface area contributed by atoms with E-state index in [-0.39, 0.29) is 11.4 Å². The molecule has 0 bridgehead atoms. The Kier molecular flexibility index (Phi) is 5.46. The van der Waals surface area contributed by atoms with Crippen LogP contribution in [0.25, 0.3) is 0 Å². The highest BCUT2D eigenvalue weighted by molar-refractivity contribution is 9.09. The van der Waals surface area contributed by atoms with Crippen molar-refractivity contribution < 1.29 is 8.78 Å². The Balaban J connectivity index is 3.21. The van der Waals surface area contributed by atoms with Gasteiger partial charge in [0.15, 0.2) is 5.82 Å². The fourth-order valence-corrected chi connectivity index (χ4v) is 2.13. The van der Waals surface area contributed by atoms with E-state index in [0.29, 0.717) is 11.9 Å². The van der Waals surface area contributed by atoms with Crippen molar-refractivity contribution in [2.75, 3.05) is 23.3 Å². The molecule has 0 atom stereocenters. The van der Waals surface area contributed by atoms with Crippen molar-refractivity contribution in [1.82, 2.24) is 9.55 Å². The summed E-state index contributed by atoms with van der Waals surface area (Å²) in [5, 5.41) is 0.491. The summed E-state index contributed by atoms with van der Waals surface area (Å²) in [6.07, 6.45) is 0.526. The molecule has 108 valence electrons. The van der Waals surface area contributed by atoms with Crippen LogP contribution in [0.15, 0.2) is 17.2 Å². The van der Waals surface area contributed by atoms with Crippen LogP contribution in [0.1, 0.15) is 20.8 Å². The van der Waals surface area contributed by atoms with Crippen molar-refractivity contribution in [1.29, 1.82) is 0 Å². The van der Waals surface area contributed by atoms with E-state index in [1.165, 1.54) is 15.7 Å². The molecule has 0 radical (unpaired) electrons. The Morgan fingerprint density at radius 3 is 2.58 bits per heavy atom. The molecule has 1 aromatic rings. The minimum absolute atomic E-state index is 0.0668. The maximum Gasteiger partial charge on any atom is 0.293 e. The largest absolute Gasteiger partial charge is 0.345 e. The predicted octanol–water partition coefficient (Wildman–Crippen LogP) is 2.46. The van der Waals surface area contributed by atoms with Gasteiger partial charge in [-0.05, 0) is 20.8 Å². The van der Waals surface area contributed by atoms with E-state index in [1.807, 2.05) is 20.8 Å². The van der Waals surface area contributed by atoms with Crippen molar-refractivity contribution in [2.24, 2.45) is 0 Å². The summed E-state index contributed by atoms with van der Waals surface area (Å²) in [6.45, 7) is 5.43. The second kappa shape index (κ2) is 6.45. The summed E-state index contributed by atoms with van der Waals surface area (Å²) in [5.74, 6) is 0.0668. The monoisotopic (exact) mass is 337 g/mol. The van der Waals surface area contributed by atoms with Gasteiger partial charge in [0.2, 0.25) is 0 Å². The molecule has 0 N–H and O–H groups in total. The molecule has 0 amide bonds. The maximum atomic E-state index is 12.6. The van der Waals surface area contributed by atoms with Crippen molar-refractivity contribution >= 4 is 21.7 Å². The number of alkyl halides is 3. The predicted molar refractivity (Wildman–Crippen MR) is 75.5 cm³/mol. The molecule has 0 saturated heterocycles. The molecule has 1 rings (SSSR count). The van der Waals surface area contributed by atoms with Crippen LogP contribution in [0.5, 0.6) is 0 Å². The lowest BCUT2D eigenvalue weighted by atomic mass is 10.1. The van der Waals surface area contributed by atoms with Gasteiger partial charge in [-0.2, -0.15) is 0 Å². The van der Waals surface area contributed by atoms with Gasteiger partial charge >= 0.3 is 0 Å². The molecule has 0 aliphatic heterocycles. The van der Waals surface area contributed by atoms with Crippen LogP contribution in [0.2, 0.25) is 0 Å². The molecule has 0 unspecified atom stereocenters. The zero-order chi connectivity index (χ0) is 14.6. The van der Waals surface area contributed by atoms with Gasteiger partial charge in [0, 0.05) is 29.8 Å². The smallest absolute Gasteiger partial charge is 0.293 e. The Morgan fingerprint density at radius 2 is 2.11 bits per heavy atom. The van der Waals surface area contributed by atoms with Gasteiger partial charge in [0.05, 0.1) is 6.54 Å². The molecule has 0 aliphatic carbocycles. The summed E-state index contributed by atoms with van der Waals surface area (Å²) >= 11 is 3.20. The van der Waals surface area contributed by atoms with E-state index in [1.54, 1.807) is 6.20 Å². The quantitative estimate of drug-likeness (QED) is 0.774. The van der Waals surface area contributed by atoms with Gasteiger partial charge in [-0.3, -0.25) is 4.79 Å². The fourth-order valence-electron chi connectivity index (χ4n) is 1.70. The minimum Gasteiger partial charge on any atom is -0.345 e. The zero-order valence-corrected chi connectivity index (χ0v) is 12.8. The summed E-state index contributed by atoms with van der Waals surface area (Å²) in [4.78, 5) is 17.6. The fraction of sp³-hybridized carbons (Fsp3) is 0.667. The third-order valence-corrected chi connectivity index (χ3v) is 2.91. The van der Waals surface area contributed by atoms with Crippen LogP contribution < -0.4 is 10.5 Å². The summed E-state index contributed by atoms with van der Waals surface area (Å²) in [5.41, 5.74) is -0.767. The Hall–Kier alpha value is -0.980. The lowest BCUT2D eigenvalue weighted by Crippen LogP contribution is -2.41. The summed E-state index contributed by atoms with van der Waals surface area (Å²) in [7, 11) is 0. The van der Waals surface area contributed by atoms with Gasteiger partial charge in [0.25, 0.3) is 12.0 Å². The Bertz CT molecular complexity index is 471. The highest BCUT2D eigenvalue weighted by Gasteiger charge is 2.21. The molecule has 4 nitrogen and oxygen atoms in total. The van der Waals surface area contributed by atoms with Crippen LogP contribution in [0.3, 0.4) is 0 Å². The zero-order valence-electron chi connectivity index (χ0n) is 11.2. The van der Waals surface area contributed by atoms with Gasteiger partial charge < -0.3 is 9.47 Å². The average Bonchev–Trinajstić information content (AvgIpc) is 2.26. The van der Waals surface area contributed by atoms with Crippen LogP contribution in [0, 0.1) is 0 Å². The van der Waals surface area contributed by atoms with E-state index in [2.05, 4.69) is 20.9 Å². The SMILES string of the molecule is CC(C)(C)n1ccnc(N(CCBr)CC(F)F)c1=O. The normalized spacial score (nSPS) is 11.9. The van der Waals surface area contributed by atoms with Crippen LogP contribution in [-0.2, 0) is 5.54 Å².